The van der Waals surface area contributed by atoms with Crippen LogP contribution in [-0.4, -0.2) is 21.8 Å². The van der Waals surface area contributed by atoms with E-state index in [0.29, 0.717) is 16.5 Å². The molecule has 0 aliphatic rings. The van der Waals surface area contributed by atoms with Crippen LogP contribution in [0.25, 0.3) is 0 Å². The van der Waals surface area contributed by atoms with Gasteiger partial charge >= 0.3 is 0 Å². The topological polar surface area (TPSA) is 66.9 Å². The number of carbonyl (C=O) groups is 1. The summed E-state index contributed by atoms with van der Waals surface area (Å²) in [5.41, 5.74) is 2.56. The van der Waals surface area contributed by atoms with E-state index in [9.17, 15) is 4.79 Å². The lowest BCUT2D eigenvalue weighted by atomic mass is 10.1. The standard InChI is InChI=1S/C13H16N4OS/c1-4-14-11-7-8(2)5-6-10(11)12(18)16-13-15-9(3)17-19-13/h5-7,14H,4H2,1-3H3,(H,15,16,17,18). The van der Waals surface area contributed by atoms with Crippen molar-refractivity contribution in [1.82, 2.24) is 9.36 Å². The van der Waals surface area contributed by atoms with E-state index in [1.165, 1.54) is 11.5 Å². The van der Waals surface area contributed by atoms with Gasteiger partial charge in [-0.15, -0.1) is 0 Å². The average molecular weight is 276 g/mol. The van der Waals surface area contributed by atoms with Gasteiger partial charge in [-0.25, -0.2) is 4.98 Å². The maximum atomic E-state index is 12.2. The molecule has 1 aromatic carbocycles. The molecule has 0 atom stereocenters. The van der Waals surface area contributed by atoms with Gasteiger partial charge in [-0.1, -0.05) is 6.07 Å². The summed E-state index contributed by atoms with van der Waals surface area (Å²) < 4.78 is 4.04. The third kappa shape index (κ3) is 3.29. The summed E-state index contributed by atoms with van der Waals surface area (Å²) in [4.78, 5) is 16.3. The van der Waals surface area contributed by atoms with Gasteiger partial charge in [0.1, 0.15) is 5.82 Å². The van der Waals surface area contributed by atoms with Gasteiger partial charge in [0.05, 0.1) is 5.56 Å². The molecule has 1 heterocycles. The fourth-order valence-electron chi connectivity index (χ4n) is 1.71. The molecule has 0 bridgehead atoms. The first kappa shape index (κ1) is 13.5. The van der Waals surface area contributed by atoms with Gasteiger partial charge in [0.15, 0.2) is 0 Å². The Morgan fingerprint density at radius 3 is 2.79 bits per heavy atom. The van der Waals surface area contributed by atoms with E-state index in [2.05, 4.69) is 20.0 Å². The molecule has 2 aromatic rings. The van der Waals surface area contributed by atoms with E-state index < -0.39 is 0 Å². The van der Waals surface area contributed by atoms with Gasteiger partial charge in [-0.05, 0) is 38.5 Å². The highest BCUT2D eigenvalue weighted by molar-refractivity contribution is 7.09. The molecule has 1 amide bonds. The van der Waals surface area contributed by atoms with Crippen molar-refractivity contribution in [2.75, 3.05) is 17.2 Å². The Hall–Kier alpha value is -1.95. The van der Waals surface area contributed by atoms with Gasteiger partial charge in [-0.2, -0.15) is 4.37 Å². The van der Waals surface area contributed by atoms with Crippen molar-refractivity contribution in [1.29, 1.82) is 0 Å². The van der Waals surface area contributed by atoms with Gasteiger partial charge in [0, 0.05) is 23.8 Å². The van der Waals surface area contributed by atoms with Gasteiger partial charge in [0.25, 0.3) is 5.91 Å². The minimum absolute atomic E-state index is 0.174. The molecule has 0 spiro atoms. The lowest BCUT2D eigenvalue weighted by Gasteiger charge is -2.10. The van der Waals surface area contributed by atoms with Crippen LogP contribution in [0.3, 0.4) is 0 Å². The van der Waals surface area contributed by atoms with Crippen molar-refractivity contribution in [2.45, 2.75) is 20.8 Å². The van der Waals surface area contributed by atoms with Crippen molar-refractivity contribution < 1.29 is 4.79 Å². The Morgan fingerprint density at radius 1 is 1.37 bits per heavy atom. The maximum absolute atomic E-state index is 12.2. The van der Waals surface area contributed by atoms with Crippen LogP contribution in [0.2, 0.25) is 0 Å². The van der Waals surface area contributed by atoms with E-state index in [0.717, 1.165) is 17.8 Å². The van der Waals surface area contributed by atoms with Gasteiger partial charge in [-0.3, -0.25) is 10.1 Å². The first-order valence-corrected chi connectivity index (χ1v) is 6.83. The first-order valence-electron chi connectivity index (χ1n) is 6.06. The number of aryl methyl sites for hydroxylation is 2. The van der Waals surface area contributed by atoms with Crippen LogP contribution in [0.5, 0.6) is 0 Å². The molecule has 19 heavy (non-hydrogen) atoms. The van der Waals surface area contributed by atoms with Crippen LogP contribution in [0.1, 0.15) is 28.7 Å². The van der Waals surface area contributed by atoms with Gasteiger partial charge in [0.2, 0.25) is 5.13 Å². The summed E-state index contributed by atoms with van der Waals surface area (Å²) in [5, 5.41) is 6.48. The number of aromatic nitrogens is 2. The molecule has 2 N–H and O–H groups in total. The molecule has 0 radical (unpaired) electrons. The first-order chi connectivity index (χ1) is 9.10. The molecule has 0 aliphatic heterocycles. The SMILES string of the molecule is CCNc1cc(C)ccc1C(=O)Nc1nc(C)ns1. The van der Waals surface area contributed by atoms with E-state index in [-0.39, 0.29) is 5.91 Å². The minimum atomic E-state index is -0.174. The van der Waals surface area contributed by atoms with E-state index in [1.807, 2.05) is 32.0 Å². The highest BCUT2D eigenvalue weighted by atomic mass is 32.1. The van der Waals surface area contributed by atoms with Crippen LogP contribution in [-0.2, 0) is 0 Å². The maximum Gasteiger partial charge on any atom is 0.259 e. The predicted molar refractivity (Wildman–Crippen MR) is 77.9 cm³/mol. The fourth-order valence-corrected chi connectivity index (χ4v) is 2.28. The number of rotatable bonds is 4. The Morgan fingerprint density at radius 2 is 2.16 bits per heavy atom. The highest BCUT2D eigenvalue weighted by Crippen LogP contribution is 2.20. The lowest BCUT2D eigenvalue weighted by Crippen LogP contribution is -2.14. The van der Waals surface area contributed by atoms with Crippen molar-refractivity contribution in [3.8, 4) is 0 Å². The number of anilines is 2. The summed E-state index contributed by atoms with van der Waals surface area (Å²) in [6, 6.07) is 5.70. The van der Waals surface area contributed by atoms with E-state index in [4.69, 9.17) is 0 Å². The molecule has 0 unspecified atom stereocenters. The number of hydrogen-bond acceptors (Lipinski definition) is 5. The zero-order valence-electron chi connectivity index (χ0n) is 11.2. The Labute approximate surface area is 116 Å². The van der Waals surface area contributed by atoms with Crippen molar-refractivity contribution in [3.63, 3.8) is 0 Å². The largest absolute Gasteiger partial charge is 0.385 e. The smallest absolute Gasteiger partial charge is 0.259 e. The number of nitrogens with zero attached hydrogens (tertiary/aromatic N) is 2. The Kier molecular flexibility index (Phi) is 4.11. The summed E-state index contributed by atoms with van der Waals surface area (Å²) in [6.07, 6.45) is 0. The fraction of sp³-hybridized carbons (Fsp3) is 0.308. The molecule has 0 saturated heterocycles. The second-order valence-electron chi connectivity index (χ2n) is 4.18. The van der Waals surface area contributed by atoms with Crippen LogP contribution in [0.4, 0.5) is 10.8 Å². The molecule has 5 nitrogen and oxygen atoms in total. The molecular formula is C13H16N4OS. The number of carbonyl (C=O) groups excluding carboxylic acids is 1. The van der Waals surface area contributed by atoms with Crippen LogP contribution >= 0.6 is 11.5 Å². The Balaban J connectivity index is 2.23. The van der Waals surface area contributed by atoms with Crippen LogP contribution < -0.4 is 10.6 Å². The molecule has 1 aromatic heterocycles. The average Bonchev–Trinajstić information content (AvgIpc) is 2.75. The second kappa shape index (κ2) is 5.79. The molecule has 100 valence electrons. The van der Waals surface area contributed by atoms with E-state index >= 15 is 0 Å². The van der Waals surface area contributed by atoms with Crippen LogP contribution in [0.15, 0.2) is 18.2 Å². The number of amides is 1. The molecule has 0 fully saturated rings. The molecule has 0 saturated carbocycles. The highest BCUT2D eigenvalue weighted by Gasteiger charge is 2.13. The molecular weight excluding hydrogens is 260 g/mol. The normalized spacial score (nSPS) is 10.3. The zero-order valence-corrected chi connectivity index (χ0v) is 12.0. The third-order valence-electron chi connectivity index (χ3n) is 2.53. The molecule has 2 rings (SSSR count). The predicted octanol–water partition coefficient (Wildman–Crippen LogP) is 2.84. The molecule has 6 heteroatoms. The zero-order chi connectivity index (χ0) is 13.8. The van der Waals surface area contributed by atoms with Crippen LogP contribution in [0, 0.1) is 13.8 Å². The summed E-state index contributed by atoms with van der Waals surface area (Å²) >= 11 is 1.18. The quantitative estimate of drug-likeness (QED) is 0.901. The Bertz CT molecular complexity index is 594. The van der Waals surface area contributed by atoms with E-state index in [1.54, 1.807) is 6.92 Å². The monoisotopic (exact) mass is 276 g/mol. The summed E-state index contributed by atoms with van der Waals surface area (Å²) in [7, 11) is 0. The minimum Gasteiger partial charge on any atom is -0.385 e. The summed E-state index contributed by atoms with van der Waals surface area (Å²) in [6.45, 7) is 6.55. The third-order valence-corrected chi connectivity index (χ3v) is 3.26. The second-order valence-corrected chi connectivity index (χ2v) is 4.93. The van der Waals surface area contributed by atoms with Crippen molar-refractivity contribution in [2.24, 2.45) is 0 Å². The van der Waals surface area contributed by atoms with Crippen molar-refractivity contribution in [3.05, 3.63) is 35.2 Å². The number of hydrogen-bond donors (Lipinski definition) is 2. The lowest BCUT2D eigenvalue weighted by molar-refractivity contribution is 0.102. The number of nitrogens with one attached hydrogen (secondary N) is 2. The summed E-state index contributed by atoms with van der Waals surface area (Å²) in [5.74, 6) is 0.489. The number of benzene rings is 1. The molecule has 0 aliphatic carbocycles. The van der Waals surface area contributed by atoms with Gasteiger partial charge < -0.3 is 5.32 Å². The van der Waals surface area contributed by atoms with Crippen molar-refractivity contribution >= 4 is 28.3 Å².